The van der Waals surface area contributed by atoms with Gasteiger partial charge in [0.25, 0.3) is 0 Å². The molecule has 0 aliphatic rings. The highest BCUT2D eigenvalue weighted by Crippen LogP contribution is 2.31. The van der Waals surface area contributed by atoms with E-state index in [2.05, 4.69) is 0 Å². The van der Waals surface area contributed by atoms with Gasteiger partial charge in [0.05, 0.1) is 5.41 Å². The predicted molar refractivity (Wildman–Crippen MR) is 67.5 cm³/mol. The SMILES string of the molecule is CC(C)CC(CN)(CCCS(C)(=O)=O)C(=O)O. The zero-order valence-corrected chi connectivity index (χ0v) is 11.6. The van der Waals surface area contributed by atoms with E-state index in [1.165, 1.54) is 0 Å². The lowest BCUT2D eigenvalue weighted by molar-refractivity contribution is -0.150. The molecule has 0 heterocycles. The summed E-state index contributed by atoms with van der Waals surface area (Å²) in [7, 11) is -3.04. The van der Waals surface area contributed by atoms with E-state index in [1.807, 2.05) is 13.8 Å². The lowest BCUT2D eigenvalue weighted by Crippen LogP contribution is -2.40. The fourth-order valence-corrected chi connectivity index (χ4v) is 2.69. The molecular weight excluding hydrogens is 242 g/mol. The van der Waals surface area contributed by atoms with Crippen LogP contribution in [0.25, 0.3) is 0 Å². The Morgan fingerprint density at radius 2 is 1.94 bits per heavy atom. The Hall–Kier alpha value is -0.620. The van der Waals surface area contributed by atoms with Crippen molar-refractivity contribution >= 4 is 15.8 Å². The van der Waals surface area contributed by atoms with Crippen molar-refractivity contribution < 1.29 is 18.3 Å². The van der Waals surface area contributed by atoms with Crippen molar-refractivity contribution in [2.75, 3.05) is 18.6 Å². The van der Waals surface area contributed by atoms with Gasteiger partial charge in [0.1, 0.15) is 9.84 Å². The second-order valence-corrected chi connectivity index (χ2v) is 7.38. The Morgan fingerprint density at radius 1 is 1.41 bits per heavy atom. The topological polar surface area (TPSA) is 97.5 Å². The largest absolute Gasteiger partial charge is 0.481 e. The summed E-state index contributed by atoms with van der Waals surface area (Å²) in [5, 5.41) is 9.27. The number of carbonyl (C=O) groups is 1. The summed E-state index contributed by atoms with van der Waals surface area (Å²) in [6, 6.07) is 0. The van der Waals surface area contributed by atoms with E-state index in [4.69, 9.17) is 5.73 Å². The fourth-order valence-electron chi connectivity index (χ4n) is 2.02. The summed E-state index contributed by atoms with van der Waals surface area (Å²) < 4.78 is 22.0. The van der Waals surface area contributed by atoms with Gasteiger partial charge in [-0.05, 0) is 25.2 Å². The van der Waals surface area contributed by atoms with Gasteiger partial charge in [-0.3, -0.25) is 4.79 Å². The first kappa shape index (κ1) is 16.4. The predicted octanol–water partition coefficient (Wildman–Crippen LogP) is 0.887. The molecule has 0 amide bonds. The van der Waals surface area contributed by atoms with Gasteiger partial charge in [0.2, 0.25) is 0 Å². The van der Waals surface area contributed by atoms with Crippen LogP contribution in [-0.4, -0.2) is 38.0 Å². The third-order valence-corrected chi connectivity index (χ3v) is 3.84. The first-order chi connectivity index (χ1) is 7.63. The van der Waals surface area contributed by atoms with E-state index in [0.29, 0.717) is 19.3 Å². The Kier molecular flexibility index (Phi) is 6.12. The second kappa shape index (κ2) is 6.35. The first-order valence-corrected chi connectivity index (χ1v) is 7.80. The molecule has 0 saturated carbocycles. The van der Waals surface area contributed by atoms with Crippen LogP contribution >= 0.6 is 0 Å². The highest BCUT2D eigenvalue weighted by Gasteiger charge is 2.37. The molecule has 0 aliphatic heterocycles. The van der Waals surface area contributed by atoms with E-state index in [9.17, 15) is 18.3 Å². The van der Waals surface area contributed by atoms with Gasteiger partial charge in [-0.1, -0.05) is 13.8 Å². The lowest BCUT2D eigenvalue weighted by atomic mass is 9.76. The van der Waals surface area contributed by atoms with E-state index < -0.39 is 21.2 Å². The molecule has 0 aromatic rings. The van der Waals surface area contributed by atoms with Gasteiger partial charge >= 0.3 is 5.97 Å². The third-order valence-electron chi connectivity index (χ3n) is 2.81. The number of carboxylic acid groups (broad SMARTS) is 1. The monoisotopic (exact) mass is 265 g/mol. The van der Waals surface area contributed by atoms with Crippen molar-refractivity contribution in [2.24, 2.45) is 17.1 Å². The van der Waals surface area contributed by atoms with Crippen LogP contribution in [0.1, 0.15) is 33.1 Å². The highest BCUT2D eigenvalue weighted by molar-refractivity contribution is 7.90. The minimum Gasteiger partial charge on any atom is -0.481 e. The fraction of sp³-hybridized carbons (Fsp3) is 0.909. The Bertz CT molecular complexity index is 350. The summed E-state index contributed by atoms with van der Waals surface area (Å²) in [6.07, 6.45) is 2.28. The van der Waals surface area contributed by atoms with Crippen LogP contribution in [0.4, 0.5) is 0 Å². The van der Waals surface area contributed by atoms with Gasteiger partial charge < -0.3 is 10.8 Å². The average Bonchev–Trinajstić information content (AvgIpc) is 2.13. The number of nitrogens with two attached hydrogens (primary N) is 1. The summed E-state index contributed by atoms with van der Waals surface area (Å²) in [4.78, 5) is 11.3. The molecule has 17 heavy (non-hydrogen) atoms. The molecule has 1 unspecified atom stereocenters. The Morgan fingerprint density at radius 3 is 2.24 bits per heavy atom. The summed E-state index contributed by atoms with van der Waals surface area (Å²) in [5.74, 6) is -0.699. The molecule has 0 aromatic heterocycles. The number of carboxylic acids is 1. The molecule has 0 radical (unpaired) electrons. The molecule has 0 aromatic carbocycles. The number of sulfone groups is 1. The van der Waals surface area contributed by atoms with E-state index in [1.54, 1.807) is 0 Å². The van der Waals surface area contributed by atoms with Crippen LogP contribution < -0.4 is 5.73 Å². The molecule has 0 rings (SSSR count). The van der Waals surface area contributed by atoms with Crippen molar-refractivity contribution in [3.63, 3.8) is 0 Å². The van der Waals surface area contributed by atoms with E-state index >= 15 is 0 Å². The molecule has 0 aliphatic carbocycles. The van der Waals surface area contributed by atoms with Gasteiger partial charge in [0.15, 0.2) is 0 Å². The maximum atomic E-state index is 11.3. The van der Waals surface area contributed by atoms with Crippen molar-refractivity contribution in [3.8, 4) is 0 Å². The minimum atomic E-state index is -3.04. The molecule has 3 N–H and O–H groups in total. The van der Waals surface area contributed by atoms with Crippen LogP contribution in [0.3, 0.4) is 0 Å². The minimum absolute atomic E-state index is 0.0140. The zero-order chi connectivity index (χ0) is 13.7. The van der Waals surface area contributed by atoms with Crippen LogP contribution in [0.15, 0.2) is 0 Å². The second-order valence-electron chi connectivity index (χ2n) is 5.12. The van der Waals surface area contributed by atoms with E-state index in [0.717, 1.165) is 6.26 Å². The highest BCUT2D eigenvalue weighted by atomic mass is 32.2. The van der Waals surface area contributed by atoms with Crippen LogP contribution in [0.5, 0.6) is 0 Å². The smallest absolute Gasteiger partial charge is 0.310 e. The van der Waals surface area contributed by atoms with Crippen LogP contribution in [-0.2, 0) is 14.6 Å². The van der Waals surface area contributed by atoms with Crippen molar-refractivity contribution in [3.05, 3.63) is 0 Å². The summed E-state index contributed by atoms with van der Waals surface area (Å²) in [5.41, 5.74) is 4.59. The van der Waals surface area contributed by atoms with Crippen molar-refractivity contribution in [1.82, 2.24) is 0 Å². The first-order valence-electron chi connectivity index (χ1n) is 5.74. The van der Waals surface area contributed by atoms with Gasteiger partial charge in [-0.15, -0.1) is 0 Å². The molecule has 6 heteroatoms. The number of hydrogen-bond donors (Lipinski definition) is 2. The zero-order valence-electron chi connectivity index (χ0n) is 10.8. The maximum absolute atomic E-state index is 11.3. The lowest BCUT2D eigenvalue weighted by Gasteiger charge is -2.29. The quantitative estimate of drug-likeness (QED) is 0.679. The van der Waals surface area contributed by atoms with Crippen LogP contribution in [0, 0.1) is 11.3 Å². The molecular formula is C11H23NO4S. The maximum Gasteiger partial charge on any atom is 0.310 e. The molecule has 0 bridgehead atoms. The van der Waals surface area contributed by atoms with Crippen molar-refractivity contribution in [1.29, 1.82) is 0 Å². The van der Waals surface area contributed by atoms with Gasteiger partial charge in [-0.25, -0.2) is 8.42 Å². The normalized spacial score (nSPS) is 15.8. The van der Waals surface area contributed by atoms with Gasteiger partial charge in [0, 0.05) is 18.6 Å². The molecule has 1 atom stereocenters. The van der Waals surface area contributed by atoms with Gasteiger partial charge in [-0.2, -0.15) is 0 Å². The van der Waals surface area contributed by atoms with Crippen LogP contribution in [0.2, 0.25) is 0 Å². The van der Waals surface area contributed by atoms with E-state index in [-0.39, 0.29) is 18.2 Å². The number of rotatable bonds is 8. The Balaban J connectivity index is 4.64. The third kappa shape index (κ3) is 6.02. The number of hydrogen-bond acceptors (Lipinski definition) is 4. The summed E-state index contributed by atoms with van der Waals surface area (Å²) >= 11 is 0. The molecule has 0 fully saturated rings. The average molecular weight is 265 g/mol. The Labute approximate surface area is 103 Å². The summed E-state index contributed by atoms with van der Waals surface area (Å²) in [6.45, 7) is 3.91. The molecule has 0 spiro atoms. The van der Waals surface area contributed by atoms with Crippen molar-refractivity contribution in [2.45, 2.75) is 33.1 Å². The molecule has 5 nitrogen and oxygen atoms in total. The number of aliphatic carboxylic acids is 1. The molecule has 102 valence electrons. The standard InChI is InChI=1S/C11H23NO4S/c1-9(2)7-11(8-12,10(13)14)5-4-6-17(3,15)16/h9H,4-8,12H2,1-3H3,(H,13,14). The molecule has 0 saturated heterocycles.